The third-order valence-corrected chi connectivity index (χ3v) is 7.24. The summed E-state index contributed by atoms with van der Waals surface area (Å²) < 4.78 is 16.6. The third-order valence-electron chi connectivity index (χ3n) is 6.88. The number of ether oxygens (including phenoxy) is 3. The van der Waals surface area contributed by atoms with Crippen molar-refractivity contribution in [1.29, 1.82) is 0 Å². The minimum absolute atomic E-state index is 0.212. The third kappa shape index (κ3) is 8.30. The van der Waals surface area contributed by atoms with Crippen LogP contribution in [0.15, 0.2) is 42.5 Å². The lowest BCUT2D eigenvalue weighted by atomic mass is 10.0. The molecule has 0 saturated carbocycles. The van der Waals surface area contributed by atoms with Crippen LogP contribution in [0.4, 0.5) is 0 Å². The molecule has 202 valence electrons. The molecule has 0 unspecified atom stereocenters. The molecule has 1 N–H and O–H groups in total. The Balaban J connectivity index is 1.59. The highest BCUT2D eigenvalue weighted by atomic mass is 35.5. The molecule has 2 aromatic carbocycles. The average Bonchev–Trinajstić information content (AvgIpc) is 3.33. The van der Waals surface area contributed by atoms with E-state index in [4.69, 9.17) is 25.8 Å². The van der Waals surface area contributed by atoms with Crippen LogP contribution in [0.1, 0.15) is 62.0 Å². The van der Waals surface area contributed by atoms with Crippen molar-refractivity contribution in [2.75, 3.05) is 33.4 Å². The summed E-state index contributed by atoms with van der Waals surface area (Å²) in [4.78, 5) is 14.2. The van der Waals surface area contributed by atoms with Gasteiger partial charge in [-0.05, 0) is 81.0 Å². The number of aryl methyl sites for hydroxylation is 1. The van der Waals surface area contributed by atoms with E-state index in [1.165, 1.54) is 17.2 Å². The summed E-state index contributed by atoms with van der Waals surface area (Å²) in [5.41, 5.74) is 4.11. The second-order valence-electron chi connectivity index (χ2n) is 9.45. The maximum atomic E-state index is 11.8. The zero-order chi connectivity index (χ0) is 26.8. The molecule has 0 bridgehead atoms. The number of carbonyl (C=O) groups excluding carboxylic acids is 1. The SMILES string of the molecule is CCOC(=O)/C=C/c1c(OC)cccc1[C@@H](C)OC[C@H](O)CN1CCC[C@H]1Cc1ccc(Cl)c(CC)c1. The highest BCUT2D eigenvalue weighted by Gasteiger charge is 2.27. The minimum Gasteiger partial charge on any atom is -0.496 e. The summed E-state index contributed by atoms with van der Waals surface area (Å²) >= 11 is 6.30. The van der Waals surface area contributed by atoms with Crippen LogP contribution in [0.5, 0.6) is 5.75 Å². The van der Waals surface area contributed by atoms with Crippen molar-refractivity contribution < 1.29 is 24.1 Å². The first-order chi connectivity index (χ1) is 17.9. The van der Waals surface area contributed by atoms with E-state index in [1.54, 1.807) is 20.1 Å². The number of nitrogens with zero attached hydrogens (tertiary/aromatic N) is 1. The lowest BCUT2D eigenvalue weighted by Gasteiger charge is -2.28. The van der Waals surface area contributed by atoms with E-state index in [-0.39, 0.29) is 12.7 Å². The topological polar surface area (TPSA) is 68.2 Å². The van der Waals surface area contributed by atoms with Gasteiger partial charge in [0.1, 0.15) is 5.75 Å². The quantitative estimate of drug-likeness (QED) is 0.268. The smallest absolute Gasteiger partial charge is 0.330 e. The molecule has 0 spiro atoms. The number of likely N-dealkylation sites (tertiary alicyclic amines) is 1. The number of β-amino-alcohol motifs (C(OH)–C–C–N with tert-alkyl or cyclic N) is 1. The van der Waals surface area contributed by atoms with Crippen LogP contribution in [-0.4, -0.2) is 61.5 Å². The lowest BCUT2D eigenvalue weighted by molar-refractivity contribution is -0.137. The Kier molecular flexibility index (Phi) is 11.5. The fourth-order valence-corrected chi connectivity index (χ4v) is 5.20. The maximum Gasteiger partial charge on any atom is 0.330 e. The Morgan fingerprint density at radius 2 is 2.08 bits per heavy atom. The van der Waals surface area contributed by atoms with Crippen LogP contribution in [0.2, 0.25) is 5.02 Å². The Hall–Kier alpha value is -2.38. The van der Waals surface area contributed by atoms with Crippen LogP contribution in [0.25, 0.3) is 6.08 Å². The van der Waals surface area contributed by atoms with Crippen molar-refractivity contribution >= 4 is 23.6 Å². The van der Waals surface area contributed by atoms with E-state index < -0.39 is 12.1 Å². The van der Waals surface area contributed by atoms with Gasteiger partial charge >= 0.3 is 5.97 Å². The molecule has 7 heteroatoms. The van der Waals surface area contributed by atoms with Crippen molar-refractivity contribution in [3.8, 4) is 5.75 Å². The maximum absolute atomic E-state index is 11.8. The normalized spacial score (nSPS) is 17.7. The largest absolute Gasteiger partial charge is 0.496 e. The van der Waals surface area contributed by atoms with E-state index in [0.717, 1.165) is 48.4 Å². The van der Waals surface area contributed by atoms with Gasteiger partial charge in [-0.25, -0.2) is 4.79 Å². The molecule has 37 heavy (non-hydrogen) atoms. The van der Waals surface area contributed by atoms with Crippen molar-refractivity contribution in [2.45, 2.75) is 64.7 Å². The van der Waals surface area contributed by atoms with Gasteiger partial charge in [0, 0.05) is 29.2 Å². The average molecular weight is 530 g/mol. The summed E-state index contributed by atoms with van der Waals surface area (Å²) in [6.07, 6.45) is 6.29. The standard InChI is InChI=1S/C30H40ClNO5/c1-5-23-17-22(12-14-28(23)31)18-24-9-8-16-32(24)19-25(33)20-37-21(3)26-10-7-11-29(35-4)27(26)13-15-30(34)36-6-2/h7,10-15,17,21,24-25,33H,5-6,8-9,16,18-20H2,1-4H3/b15-13+/t21-,24+,25-/m1/s1. The number of benzene rings is 2. The monoisotopic (exact) mass is 529 g/mol. The second-order valence-corrected chi connectivity index (χ2v) is 9.86. The molecular weight excluding hydrogens is 490 g/mol. The number of hydrogen-bond acceptors (Lipinski definition) is 6. The number of rotatable bonds is 13. The van der Waals surface area contributed by atoms with Gasteiger partial charge in [-0.2, -0.15) is 0 Å². The molecule has 3 rings (SSSR count). The van der Waals surface area contributed by atoms with E-state index in [1.807, 2.05) is 31.2 Å². The van der Waals surface area contributed by atoms with Gasteiger partial charge in [0.05, 0.1) is 32.5 Å². The van der Waals surface area contributed by atoms with Crippen LogP contribution in [0, 0.1) is 0 Å². The van der Waals surface area contributed by atoms with Gasteiger partial charge < -0.3 is 19.3 Å². The molecule has 1 fully saturated rings. The molecule has 0 aromatic heterocycles. The van der Waals surface area contributed by atoms with Gasteiger partial charge in [-0.1, -0.05) is 42.8 Å². The van der Waals surface area contributed by atoms with Crippen molar-refractivity contribution in [3.63, 3.8) is 0 Å². The van der Waals surface area contributed by atoms with Crippen molar-refractivity contribution in [3.05, 3.63) is 69.8 Å². The number of methoxy groups -OCH3 is 1. The van der Waals surface area contributed by atoms with E-state index in [9.17, 15) is 9.90 Å². The summed E-state index contributed by atoms with van der Waals surface area (Å²) in [6, 6.07) is 12.4. The van der Waals surface area contributed by atoms with E-state index in [2.05, 4.69) is 24.0 Å². The van der Waals surface area contributed by atoms with Gasteiger partial charge in [0.15, 0.2) is 0 Å². The molecule has 0 aliphatic carbocycles. The molecule has 0 amide bonds. The minimum atomic E-state index is -0.608. The first-order valence-electron chi connectivity index (χ1n) is 13.2. The molecule has 1 heterocycles. The lowest BCUT2D eigenvalue weighted by Crippen LogP contribution is -2.39. The number of aliphatic hydroxyl groups is 1. The Labute approximate surface area is 226 Å². The summed E-state index contributed by atoms with van der Waals surface area (Å²) in [6.45, 7) is 7.90. The molecule has 0 radical (unpaired) electrons. The number of hydrogen-bond donors (Lipinski definition) is 1. The second kappa shape index (κ2) is 14.5. The zero-order valence-corrected chi connectivity index (χ0v) is 23.2. The fraction of sp³-hybridized carbons (Fsp3) is 0.500. The molecule has 1 aliphatic rings. The van der Waals surface area contributed by atoms with E-state index >= 15 is 0 Å². The van der Waals surface area contributed by atoms with Gasteiger partial charge in [0.2, 0.25) is 0 Å². The number of aliphatic hydroxyl groups excluding tert-OH is 1. The fourth-order valence-electron chi connectivity index (χ4n) is 4.95. The number of halogens is 1. The highest BCUT2D eigenvalue weighted by Crippen LogP contribution is 2.30. The van der Waals surface area contributed by atoms with Crippen molar-refractivity contribution in [2.24, 2.45) is 0 Å². The Morgan fingerprint density at radius 1 is 1.27 bits per heavy atom. The molecular formula is C30H40ClNO5. The number of carbonyl (C=O) groups is 1. The number of esters is 1. The van der Waals surface area contributed by atoms with Gasteiger partial charge in [-0.3, -0.25) is 4.90 Å². The Bertz CT molecular complexity index is 1060. The molecule has 1 aliphatic heterocycles. The van der Waals surface area contributed by atoms with Crippen LogP contribution >= 0.6 is 11.6 Å². The van der Waals surface area contributed by atoms with E-state index in [0.29, 0.717) is 24.9 Å². The summed E-state index contributed by atoms with van der Waals surface area (Å²) in [5, 5.41) is 11.7. The van der Waals surface area contributed by atoms with Gasteiger partial charge in [-0.15, -0.1) is 0 Å². The predicted octanol–water partition coefficient (Wildman–Crippen LogP) is 5.63. The molecule has 3 atom stereocenters. The van der Waals surface area contributed by atoms with Gasteiger partial charge in [0.25, 0.3) is 0 Å². The Morgan fingerprint density at radius 3 is 2.81 bits per heavy atom. The zero-order valence-electron chi connectivity index (χ0n) is 22.4. The van der Waals surface area contributed by atoms with Crippen LogP contribution in [-0.2, 0) is 27.1 Å². The highest BCUT2D eigenvalue weighted by molar-refractivity contribution is 6.31. The first-order valence-corrected chi connectivity index (χ1v) is 13.6. The first kappa shape index (κ1) is 29.2. The summed E-state index contributed by atoms with van der Waals surface area (Å²) in [5.74, 6) is 0.232. The molecule has 1 saturated heterocycles. The summed E-state index contributed by atoms with van der Waals surface area (Å²) in [7, 11) is 1.59. The molecule has 6 nitrogen and oxygen atoms in total. The van der Waals surface area contributed by atoms with Crippen LogP contribution < -0.4 is 4.74 Å². The predicted molar refractivity (Wildman–Crippen MR) is 148 cm³/mol. The van der Waals surface area contributed by atoms with Crippen molar-refractivity contribution in [1.82, 2.24) is 4.90 Å². The van der Waals surface area contributed by atoms with Crippen LogP contribution in [0.3, 0.4) is 0 Å². The molecule has 2 aromatic rings.